The van der Waals surface area contributed by atoms with Gasteiger partial charge in [0.05, 0.1) is 0 Å². The van der Waals surface area contributed by atoms with Crippen LogP contribution in [0.3, 0.4) is 0 Å². The summed E-state index contributed by atoms with van der Waals surface area (Å²) >= 11 is 0. The summed E-state index contributed by atoms with van der Waals surface area (Å²) in [6.45, 7) is 3.01. The van der Waals surface area contributed by atoms with Gasteiger partial charge in [-0.05, 0) is 12.1 Å². The first kappa shape index (κ1) is 11.4. The van der Waals surface area contributed by atoms with Gasteiger partial charge >= 0.3 is 0 Å². The van der Waals surface area contributed by atoms with E-state index in [0.717, 1.165) is 37.1 Å². The van der Waals surface area contributed by atoms with E-state index in [1.165, 1.54) is 0 Å². The van der Waals surface area contributed by atoms with E-state index >= 15 is 0 Å². The zero-order valence-electron chi connectivity index (χ0n) is 10.2. The van der Waals surface area contributed by atoms with E-state index in [-0.39, 0.29) is 5.75 Å². The number of aromatic nitrogens is 1. The number of benzene rings is 1. The molecule has 1 saturated heterocycles. The third-order valence-corrected chi connectivity index (χ3v) is 3.34. The van der Waals surface area contributed by atoms with Crippen LogP contribution in [0.15, 0.2) is 30.3 Å². The van der Waals surface area contributed by atoms with Crippen LogP contribution in [0.4, 0.5) is 0 Å². The fourth-order valence-electron chi connectivity index (χ4n) is 2.40. The Morgan fingerprint density at radius 1 is 1.22 bits per heavy atom. The van der Waals surface area contributed by atoms with Crippen molar-refractivity contribution >= 4 is 10.9 Å². The quantitative estimate of drug-likeness (QED) is 0.738. The highest BCUT2D eigenvalue weighted by Gasteiger charge is 2.13. The predicted molar refractivity (Wildman–Crippen MR) is 71.8 cm³/mol. The summed E-state index contributed by atoms with van der Waals surface area (Å²) in [5, 5.41) is 17.6. The number of phenols is 1. The average Bonchev–Trinajstić information content (AvgIpc) is 2.41. The van der Waals surface area contributed by atoms with Crippen LogP contribution in [-0.2, 0) is 6.42 Å². The third kappa shape index (κ3) is 2.30. The first-order valence-corrected chi connectivity index (χ1v) is 6.34. The molecule has 2 heterocycles. The van der Waals surface area contributed by atoms with E-state index in [0.29, 0.717) is 11.6 Å². The van der Waals surface area contributed by atoms with E-state index in [1.807, 2.05) is 24.3 Å². The zero-order valence-corrected chi connectivity index (χ0v) is 10.2. The molecule has 0 saturated carbocycles. The highest BCUT2D eigenvalue weighted by molar-refractivity contribution is 5.84. The van der Waals surface area contributed by atoms with E-state index in [2.05, 4.69) is 15.6 Å². The molecule has 3 rings (SSSR count). The summed E-state index contributed by atoms with van der Waals surface area (Å²) in [7, 11) is 0. The first-order valence-electron chi connectivity index (χ1n) is 6.34. The van der Waals surface area contributed by atoms with Crippen molar-refractivity contribution in [1.82, 2.24) is 15.6 Å². The number of piperazine rings is 1. The Labute approximate surface area is 106 Å². The van der Waals surface area contributed by atoms with Gasteiger partial charge in [0, 0.05) is 43.2 Å². The van der Waals surface area contributed by atoms with Crippen LogP contribution in [0.1, 0.15) is 5.69 Å². The van der Waals surface area contributed by atoms with Gasteiger partial charge in [0.25, 0.3) is 0 Å². The van der Waals surface area contributed by atoms with Crippen LogP contribution in [0.5, 0.6) is 5.75 Å². The lowest BCUT2D eigenvalue weighted by Crippen LogP contribution is -2.49. The second-order valence-corrected chi connectivity index (χ2v) is 4.71. The lowest BCUT2D eigenvalue weighted by Gasteiger charge is -2.24. The Balaban J connectivity index is 1.86. The van der Waals surface area contributed by atoms with Gasteiger partial charge in [-0.15, -0.1) is 0 Å². The molecule has 0 spiro atoms. The zero-order chi connectivity index (χ0) is 12.4. The van der Waals surface area contributed by atoms with Crippen molar-refractivity contribution in [3.63, 3.8) is 0 Å². The Hall–Kier alpha value is -1.65. The number of pyridine rings is 1. The van der Waals surface area contributed by atoms with Crippen LogP contribution in [-0.4, -0.2) is 35.8 Å². The Kier molecular flexibility index (Phi) is 3.13. The van der Waals surface area contributed by atoms with Crippen LogP contribution in [0, 0.1) is 0 Å². The van der Waals surface area contributed by atoms with Crippen molar-refractivity contribution in [3.8, 4) is 5.75 Å². The maximum absolute atomic E-state index is 9.81. The molecule has 2 aromatic rings. The molecule has 4 nitrogen and oxygen atoms in total. The molecule has 1 aromatic carbocycles. The van der Waals surface area contributed by atoms with E-state index in [4.69, 9.17) is 0 Å². The molecule has 0 amide bonds. The highest BCUT2D eigenvalue weighted by Crippen LogP contribution is 2.22. The molecular formula is C14H17N3O. The number of hydrogen-bond acceptors (Lipinski definition) is 4. The van der Waals surface area contributed by atoms with Crippen molar-refractivity contribution in [1.29, 1.82) is 0 Å². The molecule has 0 aliphatic carbocycles. The lowest BCUT2D eigenvalue weighted by atomic mass is 10.1. The third-order valence-electron chi connectivity index (χ3n) is 3.34. The number of aromatic hydroxyl groups is 1. The normalized spacial score (nSPS) is 20.1. The van der Waals surface area contributed by atoms with E-state index < -0.39 is 0 Å². The molecule has 1 aliphatic heterocycles. The largest absolute Gasteiger partial charge is 0.506 e. The molecule has 4 heteroatoms. The fourth-order valence-corrected chi connectivity index (χ4v) is 2.40. The van der Waals surface area contributed by atoms with Gasteiger partial charge in [0.15, 0.2) is 0 Å². The number of nitrogens with one attached hydrogen (secondary N) is 2. The molecule has 3 N–H and O–H groups in total. The smallest absolute Gasteiger partial charge is 0.141 e. The van der Waals surface area contributed by atoms with Gasteiger partial charge in [-0.3, -0.25) is 0 Å². The Bertz CT molecular complexity index is 550. The fraction of sp³-hybridized carbons (Fsp3) is 0.357. The van der Waals surface area contributed by atoms with E-state index in [9.17, 15) is 5.11 Å². The number of fused-ring (bicyclic) bond motifs is 1. The molecule has 0 radical (unpaired) electrons. The van der Waals surface area contributed by atoms with Crippen LogP contribution in [0.25, 0.3) is 10.9 Å². The monoisotopic (exact) mass is 243 g/mol. The van der Waals surface area contributed by atoms with Gasteiger partial charge in [-0.25, -0.2) is 4.98 Å². The number of hydrogen-bond donors (Lipinski definition) is 3. The minimum absolute atomic E-state index is 0.254. The highest BCUT2D eigenvalue weighted by atomic mass is 16.3. The van der Waals surface area contributed by atoms with Gasteiger partial charge in [0.1, 0.15) is 11.3 Å². The molecule has 1 fully saturated rings. The summed E-state index contributed by atoms with van der Waals surface area (Å²) in [6, 6.07) is 9.97. The predicted octanol–water partition coefficient (Wildman–Crippen LogP) is 1.04. The lowest BCUT2D eigenvalue weighted by molar-refractivity contribution is 0.414. The van der Waals surface area contributed by atoms with Gasteiger partial charge in [-0.2, -0.15) is 0 Å². The topological polar surface area (TPSA) is 57.2 Å². The number of phenolic OH excluding ortho intramolecular Hbond substituents is 1. The summed E-state index contributed by atoms with van der Waals surface area (Å²) in [6.07, 6.45) is 0.886. The van der Waals surface area contributed by atoms with Crippen LogP contribution < -0.4 is 10.6 Å². The minimum atomic E-state index is 0.254. The van der Waals surface area contributed by atoms with Gasteiger partial charge in [0.2, 0.25) is 0 Å². The average molecular weight is 243 g/mol. The van der Waals surface area contributed by atoms with Crippen molar-refractivity contribution in [2.24, 2.45) is 0 Å². The Morgan fingerprint density at radius 2 is 2.17 bits per heavy atom. The standard InChI is InChI=1S/C14H17N3O/c18-13-3-1-2-10-4-5-11(17-14(10)13)8-12-9-15-6-7-16-12/h1-5,12,15-16,18H,6-9H2. The van der Waals surface area contributed by atoms with Crippen LogP contribution in [0.2, 0.25) is 0 Å². The molecule has 0 bridgehead atoms. The maximum Gasteiger partial charge on any atom is 0.141 e. The molecule has 94 valence electrons. The van der Waals surface area contributed by atoms with Crippen molar-refractivity contribution in [2.75, 3.05) is 19.6 Å². The molecule has 1 aliphatic rings. The van der Waals surface area contributed by atoms with Gasteiger partial charge in [-0.1, -0.05) is 18.2 Å². The van der Waals surface area contributed by atoms with Crippen molar-refractivity contribution in [2.45, 2.75) is 12.5 Å². The SMILES string of the molecule is Oc1cccc2ccc(CC3CNCCN3)nc12. The molecule has 1 atom stereocenters. The minimum Gasteiger partial charge on any atom is -0.506 e. The number of para-hydroxylation sites is 1. The van der Waals surface area contributed by atoms with Gasteiger partial charge < -0.3 is 15.7 Å². The number of rotatable bonds is 2. The van der Waals surface area contributed by atoms with E-state index in [1.54, 1.807) is 6.07 Å². The summed E-state index contributed by atoms with van der Waals surface area (Å²) < 4.78 is 0. The molecule has 1 aromatic heterocycles. The molecule has 1 unspecified atom stereocenters. The summed E-state index contributed by atoms with van der Waals surface area (Å²) in [5.74, 6) is 0.254. The van der Waals surface area contributed by atoms with Crippen molar-refractivity contribution < 1.29 is 5.11 Å². The number of nitrogens with zero attached hydrogens (tertiary/aromatic N) is 1. The summed E-state index contributed by atoms with van der Waals surface area (Å²) in [5.41, 5.74) is 1.71. The molecule has 18 heavy (non-hydrogen) atoms. The van der Waals surface area contributed by atoms with Crippen molar-refractivity contribution in [3.05, 3.63) is 36.0 Å². The molecular weight excluding hydrogens is 226 g/mol. The second-order valence-electron chi connectivity index (χ2n) is 4.71. The maximum atomic E-state index is 9.81. The second kappa shape index (κ2) is 4.92. The Morgan fingerprint density at radius 3 is 3.00 bits per heavy atom. The first-order chi connectivity index (χ1) is 8.83. The van der Waals surface area contributed by atoms with Crippen LogP contribution >= 0.6 is 0 Å². The summed E-state index contributed by atoms with van der Waals surface area (Å²) in [4.78, 5) is 4.55.